The van der Waals surface area contributed by atoms with Gasteiger partial charge in [-0.1, -0.05) is 18.2 Å². The molecule has 3 nitrogen and oxygen atoms in total. The number of nitrogens with one attached hydrogen (secondary N) is 1. The van der Waals surface area contributed by atoms with Crippen LogP contribution in [-0.2, 0) is 15.7 Å². The van der Waals surface area contributed by atoms with E-state index < -0.39 is 17.7 Å². The van der Waals surface area contributed by atoms with Crippen molar-refractivity contribution >= 4 is 17.9 Å². The maximum Gasteiger partial charge on any atom is 0.416 e. The van der Waals surface area contributed by atoms with Crippen molar-refractivity contribution in [3.63, 3.8) is 0 Å². The standard InChI is InChI=1S/C15H16F3NO2S/c1-4-12(14(20)21-3)13(5-2)19-22-11-8-6-7-10(9-11)15(16,17)18/h4-9,19H,1-3H3/b12-4+,13-5+. The minimum absolute atomic E-state index is 0.310. The molecule has 22 heavy (non-hydrogen) atoms. The third-order valence-electron chi connectivity index (χ3n) is 2.71. The molecule has 0 aromatic heterocycles. The highest BCUT2D eigenvalue weighted by molar-refractivity contribution is 7.97. The van der Waals surface area contributed by atoms with Gasteiger partial charge in [-0.05, 0) is 44.0 Å². The SMILES string of the molecule is C/C=C(NSc1cccc(C(F)(F)F)c1)\C(=C/C)C(=O)OC. The highest BCUT2D eigenvalue weighted by Gasteiger charge is 2.30. The fraction of sp³-hybridized carbons (Fsp3) is 0.267. The number of ether oxygens (including phenoxy) is 1. The van der Waals surface area contributed by atoms with E-state index >= 15 is 0 Å². The molecule has 0 unspecified atom stereocenters. The zero-order valence-electron chi connectivity index (χ0n) is 12.3. The van der Waals surface area contributed by atoms with Crippen molar-refractivity contribution in [3.8, 4) is 0 Å². The Hall–Kier alpha value is -1.89. The zero-order valence-corrected chi connectivity index (χ0v) is 13.1. The maximum absolute atomic E-state index is 12.7. The molecule has 0 radical (unpaired) electrons. The number of hydrogen-bond acceptors (Lipinski definition) is 4. The lowest BCUT2D eigenvalue weighted by Gasteiger charge is -2.13. The zero-order chi connectivity index (χ0) is 16.8. The number of carbonyl (C=O) groups is 1. The first-order valence-electron chi connectivity index (χ1n) is 6.35. The van der Waals surface area contributed by atoms with Gasteiger partial charge in [-0.15, -0.1) is 0 Å². The van der Waals surface area contributed by atoms with Gasteiger partial charge in [0.2, 0.25) is 0 Å². The first-order chi connectivity index (χ1) is 10.3. The predicted octanol–water partition coefficient (Wildman–Crippen LogP) is 4.33. The van der Waals surface area contributed by atoms with E-state index in [0.29, 0.717) is 16.2 Å². The van der Waals surface area contributed by atoms with Crippen molar-refractivity contribution in [2.45, 2.75) is 24.9 Å². The highest BCUT2D eigenvalue weighted by Crippen LogP contribution is 2.31. The van der Waals surface area contributed by atoms with Crippen LogP contribution in [0.25, 0.3) is 0 Å². The maximum atomic E-state index is 12.7. The number of allylic oxidation sites excluding steroid dienone is 2. The molecule has 0 aliphatic rings. The van der Waals surface area contributed by atoms with Crippen LogP contribution >= 0.6 is 11.9 Å². The third kappa shape index (κ3) is 4.84. The lowest BCUT2D eigenvalue weighted by Crippen LogP contribution is -2.14. The summed E-state index contributed by atoms with van der Waals surface area (Å²) >= 11 is 0.988. The van der Waals surface area contributed by atoms with Gasteiger partial charge in [0, 0.05) is 4.90 Å². The van der Waals surface area contributed by atoms with Crippen LogP contribution < -0.4 is 4.72 Å². The lowest BCUT2D eigenvalue weighted by atomic mass is 10.2. The van der Waals surface area contributed by atoms with Gasteiger partial charge in [-0.3, -0.25) is 0 Å². The number of benzene rings is 1. The molecular weight excluding hydrogens is 315 g/mol. The Bertz CT molecular complexity index is 595. The van der Waals surface area contributed by atoms with Crippen LogP contribution in [0.4, 0.5) is 13.2 Å². The van der Waals surface area contributed by atoms with Crippen molar-refractivity contribution in [3.05, 3.63) is 53.3 Å². The summed E-state index contributed by atoms with van der Waals surface area (Å²) in [6.45, 7) is 3.38. The molecule has 1 rings (SSSR count). The van der Waals surface area contributed by atoms with Crippen LogP contribution in [0, 0.1) is 0 Å². The molecule has 1 aromatic rings. The molecule has 0 fully saturated rings. The molecule has 0 bridgehead atoms. The monoisotopic (exact) mass is 331 g/mol. The van der Waals surface area contributed by atoms with Crippen LogP contribution in [0.1, 0.15) is 19.4 Å². The third-order valence-corrected chi connectivity index (χ3v) is 3.52. The molecule has 0 aliphatic carbocycles. The second-order valence-electron chi connectivity index (χ2n) is 4.13. The number of methoxy groups -OCH3 is 1. The van der Waals surface area contributed by atoms with E-state index in [1.54, 1.807) is 32.1 Å². The summed E-state index contributed by atoms with van der Waals surface area (Å²) in [5, 5.41) is 0. The van der Waals surface area contributed by atoms with E-state index in [1.165, 1.54) is 13.2 Å². The largest absolute Gasteiger partial charge is 0.465 e. The Morgan fingerprint density at radius 2 is 1.95 bits per heavy atom. The summed E-state index contributed by atoms with van der Waals surface area (Å²) in [6.07, 6.45) is -1.17. The van der Waals surface area contributed by atoms with E-state index in [0.717, 1.165) is 24.1 Å². The summed E-state index contributed by atoms with van der Waals surface area (Å²) in [4.78, 5) is 12.0. The van der Waals surface area contributed by atoms with Gasteiger partial charge >= 0.3 is 12.1 Å². The van der Waals surface area contributed by atoms with Crippen molar-refractivity contribution < 1.29 is 22.7 Å². The molecule has 0 amide bonds. The molecule has 0 spiro atoms. The molecule has 0 saturated carbocycles. The molecule has 7 heteroatoms. The normalized spacial score (nSPS) is 13.0. The molecule has 0 heterocycles. The first kappa shape index (κ1) is 18.2. The highest BCUT2D eigenvalue weighted by atomic mass is 32.2. The van der Waals surface area contributed by atoms with Gasteiger partial charge < -0.3 is 9.46 Å². The molecular formula is C15H16F3NO2S. The predicted molar refractivity (Wildman–Crippen MR) is 80.0 cm³/mol. The van der Waals surface area contributed by atoms with Crippen molar-refractivity contribution in [2.24, 2.45) is 0 Å². The Balaban J connectivity index is 2.87. The minimum Gasteiger partial charge on any atom is -0.465 e. The lowest BCUT2D eigenvalue weighted by molar-refractivity contribution is -0.138. The average Bonchev–Trinajstić information content (AvgIpc) is 2.50. The summed E-state index contributed by atoms with van der Waals surface area (Å²) in [5.74, 6) is -0.521. The fourth-order valence-corrected chi connectivity index (χ4v) is 2.40. The van der Waals surface area contributed by atoms with Gasteiger partial charge in [-0.25, -0.2) is 4.79 Å². The van der Waals surface area contributed by atoms with Crippen LogP contribution in [0.15, 0.2) is 52.6 Å². The number of rotatable bonds is 5. The Morgan fingerprint density at radius 3 is 2.45 bits per heavy atom. The van der Waals surface area contributed by atoms with Crippen molar-refractivity contribution in [1.82, 2.24) is 4.72 Å². The van der Waals surface area contributed by atoms with Gasteiger partial charge in [0.1, 0.15) is 0 Å². The number of halogens is 3. The van der Waals surface area contributed by atoms with E-state index in [4.69, 9.17) is 0 Å². The van der Waals surface area contributed by atoms with E-state index in [2.05, 4.69) is 9.46 Å². The number of esters is 1. The van der Waals surface area contributed by atoms with Gasteiger partial charge in [0.25, 0.3) is 0 Å². The topological polar surface area (TPSA) is 38.3 Å². The summed E-state index contributed by atoms with van der Waals surface area (Å²) < 4.78 is 45.5. The second kappa shape index (κ2) is 7.93. The number of alkyl halides is 3. The summed E-state index contributed by atoms with van der Waals surface area (Å²) in [6, 6.07) is 4.93. The van der Waals surface area contributed by atoms with Gasteiger partial charge in [0.05, 0.1) is 23.9 Å². The molecule has 0 saturated heterocycles. The van der Waals surface area contributed by atoms with Crippen LogP contribution in [-0.4, -0.2) is 13.1 Å². The van der Waals surface area contributed by atoms with E-state index in [1.807, 2.05) is 0 Å². The van der Waals surface area contributed by atoms with E-state index in [-0.39, 0.29) is 0 Å². The Labute approximate surface area is 131 Å². The fourth-order valence-electron chi connectivity index (χ4n) is 1.61. The summed E-state index contributed by atoms with van der Waals surface area (Å²) in [5.41, 5.74) is 0.0572. The number of carbonyl (C=O) groups excluding carboxylic acids is 1. The molecule has 120 valence electrons. The molecule has 0 aliphatic heterocycles. The summed E-state index contributed by atoms with van der Waals surface area (Å²) in [7, 11) is 1.26. The van der Waals surface area contributed by atoms with Gasteiger partial charge in [-0.2, -0.15) is 13.2 Å². The van der Waals surface area contributed by atoms with Gasteiger partial charge in [0.15, 0.2) is 0 Å². The van der Waals surface area contributed by atoms with Crippen molar-refractivity contribution in [2.75, 3.05) is 7.11 Å². The second-order valence-corrected chi connectivity index (χ2v) is 5.01. The first-order valence-corrected chi connectivity index (χ1v) is 7.16. The van der Waals surface area contributed by atoms with Crippen LogP contribution in [0.2, 0.25) is 0 Å². The Morgan fingerprint density at radius 1 is 1.27 bits per heavy atom. The smallest absolute Gasteiger partial charge is 0.416 e. The molecule has 1 aromatic carbocycles. The molecule has 1 N–H and O–H groups in total. The molecule has 0 atom stereocenters. The van der Waals surface area contributed by atoms with E-state index in [9.17, 15) is 18.0 Å². The minimum atomic E-state index is -4.39. The number of hydrogen-bond donors (Lipinski definition) is 1. The Kier molecular flexibility index (Phi) is 6.55. The average molecular weight is 331 g/mol. The van der Waals surface area contributed by atoms with Crippen molar-refractivity contribution in [1.29, 1.82) is 0 Å². The van der Waals surface area contributed by atoms with Crippen LogP contribution in [0.3, 0.4) is 0 Å². The van der Waals surface area contributed by atoms with Crippen LogP contribution in [0.5, 0.6) is 0 Å². The quantitative estimate of drug-likeness (QED) is 0.377.